The van der Waals surface area contributed by atoms with Crippen molar-refractivity contribution in [3.05, 3.63) is 66.0 Å². The van der Waals surface area contributed by atoms with Crippen LogP contribution in [0.1, 0.15) is 5.56 Å². The normalized spacial score (nSPS) is 10.2. The average molecular weight is 325 g/mol. The van der Waals surface area contributed by atoms with E-state index in [1.165, 1.54) is 17.0 Å². The summed E-state index contributed by atoms with van der Waals surface area (Å²) in [5.41, 5.74) is 1.13. The fraction of sp³-hybridized carbons (Fsp3) is 0.133. The van der Waals surface area contributed by atoms with E-state index in [1.54, 1.807) is 19.2 Å². The van der Waals surface area contributed by atoms with Gasteiger partial charge in [0.25, 0.3) is 0 Å². The highest BCUT2D eigenvalue weighted by Crippen LogP contribution is 2.29. The molecule has 0 aliphatic heterocycles. The molecule has 6 heteroatoms. The maximum Gasteiger partial charge on any atom is 0.335 e. The van der Waals surface area contributed by atoms with Gasteiger partial charge in [-0.2, -0.15) is 0 Å². The first-order valence-electron chi connectivity index (χ1n) is 6.26. The number of hydrogen-bond donors (Lipinski definition) is 0. The predicted octanol–water partition coefficient (Wildman–Crippen LogP) is 4.69. The fourth-order valence-corrected chi connectivity index (χ4v) is 2.69. The minimum Gasteiger partial charge on any atom is -0.322 e. The van der Waals surface area contributed by atoms with Gasteiger partial charge in [0.15, 0.2) is 0 Å². The minimum atomic E-state index is -0.493. The Kier molecular flexibility index (Phi) is 5.47. The maximum atomic E-state index is 13.8. The first-order valence-corrected chi connectivity index (χ1v) is 7.86. The van der Waals surface area contributed by atoms with Crippen molar-refractivity contribution in [3.8, 4) is 0 Å². The number of rotatable bonds is 4. The molecule has 2 aromatic carbocycles. The van der Waals surface area contributed by atoms with E-state index < -0.39 is 5.82 Å². The van der Waals surface area contributed by atoms with Crippen LogP contribution in [0.3, 0.4) is 0 Å². The quantitative estimate of drug-likeness (QED) is 0.762. The van der Waals surface area contributed by atoms with Crippen LogP contribution in [0.5, 0.6) is 0 Å². The third kappa shape index (κ3) is 3.89. The number of halogens is 2. The number of urea groups is 1. The van der Waals surface area contributed by atoms with E-state index in [2.05, 4.69) is 0 Å². The minimum absolute atomic E-state index is 0.141. The summed E-state index contributed by atoms with van der Waals surface area (Å²) in [6, 6.07) is 15.2. The van der Waals surface area contributed by atoms with Crippen molar-refractivity contribution in [1.82, 2.24) is 4.90 Å². The molecule has 0 N–H and O–H groups in total. The van der Waals surface area contributed by atoms with Crippen molar-refractivity contribution < 1.29 is 9.18 Å². The van der Waals surface area contributed by atoms with Gasteiger partial charge in [-0.25, -0.2) is 13.5 Å². The first kappa shape index (κ1) is 15.7. The van der Waals surface area contributed by atoms with Crippen LogP contribution in [0.15, 0.2) is 54.6 Å². The molecule has 0 aromatic heterocycles. The average Bonchev–Trinajstić information content (AvgIpc) is 2.50. The zero-order chi connectivity index (χ0) is 15.2. The molecule has 110 valence electrons. The fourth-order valence-electron chi connectivity index (χ4n) is 1.87. The Morgan fingerprint density at radius 3 is 2.38 bits per heavy atom. The Morgan fingerprint density at radius 1 is 1.14 bits per heavy atom. The molecule has 0 radical (unpaired) electrons. The van der Waals surface area contributed by atoms with Crippen LogP contribution in [-0.2, 0) is 6.54 Å². The highest BCUT2D eigenvalue weighted by atomic mass is 35.7. The number of amides is 2. The lowest BCUT2D eigenvalue weighted by Crippen LogP contribution is -2.36. The Morgan fingerprint density at radius 2 is 1.76 bits per heavy atom. The standard InChI is InChI=1S/C15H14ClFN2OS/c1-18(11-12-7-3-2-4-8-12)15(20)19(21-16)14-10-6-5-9-13(14)17/h2-10H,11H2,1H3. The van der Waals surface area contributed by atoms with Gasteiger partial charge >= 0.3 is 6.03 Å². The monoisotopic (exact) mass is 324 g/mol. The van der Waals surface area contributed by atoms with Gasteiger partial charge in [-0.3, -0.25) is 0 Å². The number of carbonyl (C=O) groups is 1. The van der Waals surface area contributed by atoms with Crippen LogP contribution in [-0.4, -0.2) is 18.0 Å². The smallest absolute Gasteiger partial charge is 0.322 e. The lowest BCUT2D eigenvalue weighted by atomic mass is 10.2. The molecule has 0 aliphatic carbocycles. The molecule has 0 aliphatic rings. The summed E-state index contributed by atoms with van der Waals surface area (Å²) in [4.78, 5) is 13.9. The SMILES string of the molecule is CN(Cc1ccccc1)C(=O)N(SCl)c1ccccc1F. The zero-order valence-corrected chi connectivity index (χ0v) is 12.9. The number of para-hydroxylation sites is 1. The number of nitrogens with zero attached hydrogens (tertiary/aromatic N) is 2. The Hall–Kier alpha value is -1.72. The second-order valence-corrected chi connectivity index (χ2v) is 5.36. The molecule has 0 atom stereocenters. The first-order chi connectivity index (χ1) is 10.1. The molecule has 3 nitrogen and oxygen atoms in total. The lowest BCUT2D eigenvalue weighted by Gasteiger charge is -2.25. The van der Waals surface area contributed by atoms with E-state index in [9.17, 15) is 9.18 Å². The summed E-state index contributed by atoms with van der Waals surface area (Å²) in [5.74, 6) is -0.493. The third-order valence-corrected chi connectivity index (χ3v) is 3.81. The van der Waals surface area contributed by atoms with Gasteiger partial charge in [0.1, 0.15) is 5.82 Å². The molecule has 0 saturated carbocycles. The molecule has 0 spiro atoms. The van der Waals surface area contributed by atoms with E-state index in [0.29, 0.717) is 17.7 Å². The molecule has 2 aromatic rings. The van der Waals surface area contributed by atoms with Gasteiger partial charge in [-0.15, -0.1) is 0 Å². The van der Waals surface area contributed by atoms with Gasteiger partial charge in [-0.05, 0) is 28.4 Å². The van der Waals surface area contributed by atoms with Gasteiger partial charge in [0.05, 0.1) is 16.8 Å². The molecule has 0 heterocycles. The van der Waals surface area contributed by atoms with Crippen LogP contribution < -0.4 is 4.31 Å². The topological polar surface area (TPSA) is 23.6 Å². The molecule has 21 heavy (non-hydrogen) atoms. The molecule has 0 fully saturated rings. The van der Waals surface area contributed by atoms with Crippen LogP contribution in [0.4, 0.5) is 14.9 Å². The summed E-state index contributed by atoms with van der Waals surface area (Å²) >= 11 is 0.659. The maximum absolute atomic E-state index is 13.8. The van der Waals surface area contributed by atoms with E-state index in [1.807, 2.05) is 30.3 Å². The van der Waals surface area contributed by atoms with E-state index in [4.69, 9.17) is 10.7 Å². The van der Waals surface area contributed by atoms with E-state index in [-0.39, 0.29) is 11.7 Å². The van der Waals surface area contributed by atoms with Crippen molar-refractivity contribution in [2.24, 2.45) is 0 Å². The number of anilines is 1. The van der Waals surface area contributed by atoms with Gasteiger partial charge in [0, 0.05) is 13.6 Å². The molecule has 0 unspecified atom stereocenters. The third-order valence-electron chi connectivity index (χ3n) is 2.90. The number of hydrogen-bond acceptors (Lipinski definition) is 2. The second kappa shape index (κ2) is 7.33. The van der Waals surface area contributed by atoms with Gasteiger partial charge in [0.2, 0.25) is 0 Å². The zero-order valence-electron chi connectivity index (χ0n) is 11.4. The number of benzene rings is 2. The van der Waals surface area contributed by atoms with E-state index in [0.717, 1.165) is 9.87 Å². The number of carbonyl (C=O) groups excluding carboxylic acids is 1. The highest BCUT2D eigenvalue weighted by Gasteiger charge is 2.22. The van der Waals surface area contributed by atoms with Crippen LogP contribution >= 0.6 is 21.8 Å². The second-order valence-electron chi connectivity index (χ2n) is 4.44. The summed E-state index contributed by atoms with van der Waals surface area (Å²) < 4.78 is 14.9. The Labute approximate surface area is 131 Å². The summed E-state index contributed by atoms with van der Waals surface area (Å²) in [6.07, 6.45) is 0. The molecular weight excluding hydrogens is 311 g/mol. The van der Waals surface area contributed by atoms with Crippen LogP contribution in [0, 0.1) is 5.82 Å². The summed E-state index contributed by atoms with van der Waals surface area (Å²) in [5, 5.41) is 0. The summed E-state index contributed by atoms with van der Waals surface area (Å²) in [6.45, 7) is 0.419. The van der Waals surface area contributed by atoms with Crippen molar-refractivity contribution in [1.29, 1.82) is 0 Å². The van der Waals surface area contributed by atoms with Crippen molar-refractivity contribution >= 4 is 33.6 Å². The molecule has 0 bridgehead atoms. The summed E-state index contributed by atoms with van der Waals surface area (Å²) in [7, 11) is 7.39. The van der Waals surface area contributed by atoms with Crippen molar-refractivity contribution in [3.63, 3.8) is 0 Å². The Bertz CT molecular complexity index is 612. The lowest BCUT2D eigenvalue weighted by molar-refractivity contribution is 0.218. The van der Waals surface area contributed by atoms with Crippen molar-refractivity contribution in [2.75, 3.05) is 11.4 Å². The van der Waals surface area contributed by atoms with Crippen LogP contribution in [0.25, 0.3) is 0 Å². The van der Waals surface area contributed by atoms with Crippen molar-refractivity contribution in [2.45, 2.75) is 6.54 Å². The Balaban J connectivity index is 2.15. The predicted molar refractivity (Wildman–Crippen MR) is 85.6 cm³/mol. The van der Waals surface area contributed by atoms with Gasteiger partial charge in [-0.1, -0.05) is 42.5 Å². The molecule has 0 saturated heterocycles. The largest absolute Gasteiger partial charge is 0.335 e. The molecule has 2 amide bonds. The highest BCUT2D eigenvalue weighted by molar-refractivity contribution is 8.22. The van der Waals surface area contributed by atoms with E-state index >= 15 is 0 Å². The molecule has 2 rings (SSSR count). The van der Waals surface area contributed by atoms with Gasteiger partial charge < -0.3 is 4.90 Å². The van der Waals surface area contributed by atoms with Crippen LogP contribution in [0.2, 0.25) is 0 Å². The molecular formula is C15H14ClFN2OS.